The Morgan fingerprint density at radius 2 is 1.88 bits per heavy atom. The molecule has 1 aromatic rings. The lowest BCUT2D eigenvalue weighted by Crippen LogP contribution is -2.22. The quantitative estimate of drug-likeness (QED) is 0.762. The molecule has 1 unspecified atom stereocenters. The van der Waals surface area contributed by atoms with Gasteiger partial charge in [-0.25, -0.2) is 0 Å². The van der Waals surface area contributed by atoms with Gasteiger partial charge < -0.3 is 0 Å². The van der Waals surface area contributed by atoms with Crippen molar-refractivity contribution in [2.24, 2.45) is 5.92 Å². The van der Waals surface area contributed by atoms with Crippen LogP contribution >= 0.6 is 0 Å². The third-order valence-electron chi connectivity index (χ3n) is 2.59. The van der Waals surface area contributed by atoms with E-state index in [9.17, 15) is 0 Å². The first-order valence-corrected chi connectivity index (χ1v) is 5.24. The number of hydrogen-bond donors (Lipinski definition) is 0. The Balaban J connectivity index is 2.96. The Morgan fingerprint density at radius 3 is 2.25 bits per heavy atom. The summed E-state index contributed by atoms with van der Waals surface area (Å²) < 4.78 is 1.85. The Labute approximate surface area is 96.1 Å². The minimum atomic E-state index is -0.613. The molecular formula is C12H16N4. The van der Waals surface area contributed by atoms with E-state index < -0.39 is 5.92 Å². The molecule has 84 valence electrons. The van der Waals surface area contributed by atoms with Crippen molar-refractivity contribution in [2.45, 2.75) is 39.2 Å². The molecule has 1 atom stereocenters. The average molecular weight is 216 g/mol. The average Bonchev–Trinajstić information content (AvgIpc) is 2.67. The summed E-state index contributed by atoms with van der Waals surface area (Å²) in [6, 6.07) is 4.00. The van der Waals surface area contributed by atoms with Gasteiger partial charge in [-0.2, -0.15) is 15.6 Å². The summed E-state index contributed by atoms with van der Waals surface area (Å²) in [5, 5.41) is 21.9. The van der Waals surface area contributed by atoms with Crippen molar-refractivity contribution in [2.75, 3.05) is 0 Å². The van der Waals surface area contributed by atoms with Crippen LogP contribution in [0.2, 0.25) is 0 Å². The molecule has 16 heavy (non-hydrogen) atoms. The van der Waals surface area contributed by atoms with Crippen LogP contribution in [0.25, 0.3) is 0 Å². The molecule has 1 heterocycles. The summed E-state index contributed by atoms with van der Waals surface area (Å²) >= 11 is 0. The Bertz CT molecular complexity index is 425. The molecule has 0 aromatic carbocycles. The predicted molar refractivity (Wildman–Crippen MR) is 60.4 cm³/mol. The van der Waals surface area contributed by atoms with Gasteiger partial charge in [0.25, 0.3) is 0 Å². The fourth-order valence-corrected chi connectivity index (χ4v) is 1.38. The van der Waals surface area contributed by atoms with Crippen LogP contribution in [0.1, 0.15) is 39.2 Å². The summed E-state index contributed by atoms with van der Waals surface area (Å²) in [4.78, 5) is 0. The minimum absolute atomic E-state index is 0.0766. The van der Waals surface area contributed by atoms with Crippen LogP contribution in [0, 0.1) is 28.6 Å². The highest BCUT2D eigenvalue weighted by Gasteiger charge is 2.21. The monoisotopic (exact) mass is 216 g/mol. The maximum atomic E-state index is 8.82. The highest BCUT2D eigenvalue weighted by Crippen LogP contribution is 2.24. The zero-order chi connectivity index (χ0) is 12.3. The molecule has 0 aliphatic rings. The number of nitrogens with zero attached hydrogens (tertiary/aromatic N) is 4. The van der Waals surface area contributed by atoms with E-state index >= 15 is 0 Å². The maximum Gasteiger partial charge on any atom is 0.140 e. The normalized spacial score (nSPS) is 13.2. The summed E-state index contributed by atoms with van der Waals surface area (Å²) in [5.41, 5.74) is 0.857. The van der Waals surface area contributed by atoms with E-state index in [0.29, 0.717) is 0 Å². The van der Waals surface area contributed by atoms with Crippen LogP contribution in [0.15, 0.2) is 12.4 Å². The van der Waals surface area contributed by atoms with Crippen molar-refractivity contribution in [1.29, 1.82) is 10.5 Å². The van der Waals surface area contributed by atoms with Crippen molar-refractivity contribution < 1.29 is 0 Å². The summed E-state index contributed by atoms with van der Waals surface area (Å²) in [6.45, 7) is 8.04. The molecule has 0 N–H and O–H groups in total. The topological polar surface area (TPSA) is 65.4 Å². The largest absolute Gasteiger partial charge is 0.267 e. The first-order chi connectivity index (χ1) is 7.40. The summed E-state index contributed by atoms with van der Waals surface area (Å²) in [5.74, 6) is -0.719. The Hall–Kier alpha value is -1.81. The van der Waals surface area contributed by atoms with Gasteiger partial charge in [0.2, 0.25) is 0 Å². The smallest absolute Gasteiger partial charge is 0.140 e. The summed E-state index contributed by atoms with van der Waals surface area (Å²) in [6.07, 6.45) is 3.64. The first-order valence-electron chi connectivity index (χ1n) is 5.24. The van der Waals surface area contributed by atoms with Crippen molar-refractivity contribution in [3.63, 3.8) is 0 Å². The van der Waals surface area contributed by atoms with Crippen LogP contribution in [0.5, 0.6) is 0 Å². The lowest BCUT2D eigenvalue weighted by atomic mass is 9.92. The highest BCUT2D eigenvalue weighted by atomic mass is 15.3. The highest BCUT2D eigenvalue weighted by molar-refractivity contribution is 5.19. The molecule has 1 rings (SSSR count). The van der Waals surface area contributed by atoms with Crippen LogP contribution in [0.4, 0.5) is 0 Å². The maximum absolute atomic E-state index is 8.82. The number of nitriles is 2. The summed E-state index contributed by atoms with van der Waals surface area (Å²) in [7, 11) is 0. The molecule has 0 saturated heterocycles. The van der Waals surface area contributed by atoms with E-state index in [4.69, 9.17) is 10.5 Å². The van der Waals surface area contributed by atoms with Gasteiger partial charge in [-0.05, 0) is 26.3 Å². The van der Waals surface area contributed by atoms with Gasteiger partial charge in [-0.1, -0.05) is 6.92 Å². The SMILES string of the molecule is CC(c1cnn(C(C)(C)C)c1)C(C#N)C#N. The van der Waals surface area contributed by atoms with Crippen LogP contribution in [0.3, 0.4) is 0 Å². The molecule has 0 amide bonds. The van der Waals surface area contributed by atoms with Gasteiger partial charge in [0.15, 0.2) is 0 Å². The molecule has 0 aliphatic carbocycles. The molecule has 4 heteroatoms. The lowest BCUT2D eigenvalue weighted by molar-refractivity contribution is 0.355. The number of rotatable bonds is 2. The third kappa shape index (κ3) is 2.41. The molecule has 0 bridgehead atoms. The molecule has 4 nitrogen and oxygen atoms in total. The number of aromatic nitrogens is 2. The first kappa shape index (κ1) is 12.3. The van der Waals surface area contributed by atoms with Gasteiger partial charge in [-0.15, -0.1) is 0 Å². The van der Waals surface area contributed by atoms with Crippen LogP contribution < -0.4 is 0 Å². The van der Waals surface area contributed by atoms with Gasteiger partial charge in [0.05, 0.1) is 23.9 Å². The lowest BCUT2D eigenvalue weighted by Gasteiger charge is -2.19. The molecule has 0 fully saturated rings. The van der Waals surface area contributed by atoms with E-state index in [2.05, 4.69) is 25.9 Å². The fraction of sp³-hybridized carbons (Fsp3) is 0.583. The van der Waals surface area contributed by atoms with Crippen LogP contribution in [-0.2, 0) is 5.54 Å². The standard InChI is InChI=1S/C12H16N4/c1-9(10(5-13)6-14)11-7-15-16(8-11)12(2,3)4/h7-10H,1-4H3. The Kier molecular flexibility index (Phi) is 3.34. The van der Waals surface area contributed by atoms with Crippen molar-refractivity contribution >= 4 is 0 Å². The van der Waals surface area contributed by atoms with Crippen LogP contribution in [-0.4, -0.2) is 9.78 Å². The fourth-order valence-electron chi connectivity index (χ4n) is 1.38. The van der Waals surface area contributed by atoms with Crippen molar-refractivity contribution in [3.8, 4) is 12.1 Å². The zero-order valence-corrected chi connectivity index (χ0v) is 10.1. The molecular weight excluding hydrogens is 200 g/mol. The molecule has 0 radical (unpaired) electrons. The van der Waals surface area contributed by atoms with Gasteiger partial charge in [0, 0.05) is 12.1 Å². The number of hydrogen-bond acceptors (Lipinski definition) is 3. The second-order valence-electron chi connectivity index (χ2n) is 4.91. The van der Waals surface area contributed by atoms with E-state index in [1.165, 1.54) is 0 Å². The van der Waals surface area contributed by atoms with E-state index in [-0.39, 0.29) is 11.5 Å². The predicted octanol–water partition coefficient (Wildman–Crippen LogP) is 2.40. The van der Waals surface area contributed by atoms with Crippen molar-refractivity contribution in [1.82, 2.24) is 9.78 Å². The molecule has 0 saturated carbocycles. The van der Waals surface area contributed by atoms with E-state index in [1.807, 2.05) is 29.9 Å². The van der Waals surface area contributed by atoms with Gasteiger partial charge in [-0.3, -0.25) is 4.68 Å². The van der Waals surface area contributed by atoms with Gasteiger partial charge in [0.1, 0.15) is 5.92 Å². The van der Waals surface area contributed by atoms with Gasteiger partial charge >= 0.3 is 0 Å². The second kappa shape index (κ2) is 4.37. The molecule has 0 aliphatic heterocycles. The van der Waals surface area contributed by atoms with E-state index in [0.717, 1.165) is 5.56 Å². The third-order valence-corrected chi connectivity index (χ3v) is 2.59. The van der Waals surface area contributed by atoms with Crippen molar-refractivity contribution in [3.05, 3.63) is 18.0 Å². The zero-order valence-electron chi connectivity index (χ0n) is 10.1. The minimum Gasteiger partial charge on any atom is -0.267 e. The second-order valence-corrected chi connectivity index (χ2v) is 4.91. The Morgan fingerprint density at radius 1 is 1.31 bits per heavy atom. The molecule has 1 aromatic heterocycles. The molecule has 0 spiro atoms. The van der Waals surface area contributed by atoms with E-state index in [1.54, 1.807) is 6.20 Å².